The van der Waals surface area contributed by atoms with Gasteiger partial charge in [-0.25, -0.2) is 4.79 Å². The molecular weight excluding hydrogens is 317 g/mol. The summed E-state index contributed by atoms with van der Waals surface area (Å²) in [5.74, 6) is -0.343. The molecule has 0 aromatic heterocycles. The van der Waals surface area contributed by atoms with Crippen LogP contribution in [0.4, 0.5) is 5.69 Å². The van der Waals surface area contributed by atoms with Crippen molar-refractivity contribution in [2.75, 3.05) is 12.8 Å². The zero-order valence-corrected chi connectivity index (χ0v) is 14.2. The molecule has 0 radical (unpaired) electrons. The van der Waals surface area contributed by atoms with Gasteiger partial charge in [-0.15, -0.1) is 0 Å². The van der Waals surface area contributed by atoms with Gasteiger partial charge >= 0.3 is 5.97 Å². The molecule has 4 heteroatoms. The van der Waals surface area contributed by atoms with Gasteiger partial charge in [0.2, 0.25) is 0 Å². The topological polar surface area (TPSA) is 52.3 Å². The Bertz CT molecular complexity index is 795. The van der Waals surface area contributed by atoms with Crippen molar-refractivity contribution in [3.63, 3.8) is 0 Å². The third kappa shape index (κ3) is 3.32. The van der Waals surface area contributed by atoms with Crippen LogP contribution >= 0.6 is 7.92 Å². The van der Waals surface area contributed by atoms with E-state index in [1.807, 2.05) is 42.5 Å². The predicted octanol–water partition coefficient (Wildman–Crippen LogP) is 2.81. The maximum absolute atomic E-state index is 12.3. The van der Waals surface area contributed by atoms with Crippen molar-refractivity contribution in [3.8, 4) is 0 Å². The standard InChI is InChI=1S/C20H18NO2P/c1-23-20(22)18-13-12-15(21)14-19(18)24(16-8-4-2-5-9-16)17-10-6-3-7-11-17/h2-14H,21H2,1H3. The first-order valence-corrected chi connectivity index (χ1v) is 8.93. The summed E-state index contributed by atoms with van der Waals surface area (Å²) in [5.41, 5.74) is 7.22. The number of esters is 1. The van der Waals surface area contributed by atoms with Gasteiger partial charge in [-0.05, 0) is 36.7 Å². The summed E-state index contributed by atoms with van der Waals surface area (Å²) in [6.45, 7) is 0. The van der Waals surface area contributed by atoms with E-state index in [-0.39, 0.29) is 5.97 Å². The zero-order valence-electron chi connectivity index (χ0n) is 13.3. The van der Waals surface area contributed by atoms with Crippen molar-refractivity contribution < 1.29 is 9.53 Å². The van der Waals surface area contributed by atoms with Crippen molar-refractivity contribution >= 4 is 35.5 Å². The Labute approximate surface area is 142 Å². The lowest BCUT2D eigenvalue weighted by Gasteiger charge is -2.21. The number of rotatable bonds is 4. The van der Waals surface area contributed by atoms with Gasteiger partial charge in [-0.3, -0.25) is 0 Å². The number of hydrogen-bond donors (Lipinski definition) is 1. The van der Waals surface area contributed by atoms with Crippen LogP contribution in [0, 0.1) is 0 Å². The molecule has 0 bridgehead atoms. The maximum Gasteiger partial charge on any atom is 0.338 e. The van der Waals surface area contributed by atoms with Gasteiger partial charge in [0.25, 0.3) is 0 Å². The summed E-state index contributed by atoms with van der Waals surface area (Å²) < 4.78 is 4.97. The normalized spacial score (nSPS) is 10.6. The molecule has 2 N–H and O–H groups in total. The summed E-state index contributed by atoms with van der Waals surface area (Å²) >= 11 is 0. The Hall–Kier alpha value is -2.64. The van der Waals surface area contributed by atoms with E-state index >= 15 is 0 Å². The second kappa shape index (κ2) is 7.29. The maximum atomic E-state index is 12.3. The number of hydrogen-bond acceptors (Lipinski definition) is 3. The largest absolute Gasteiger partial charge is 0.465 e. The number of benzene rings is 3. The predicted molar refractivity (Wildman–Crippen MR) is 101 cm³/mol. The van der Waals surface area contributed by atoms with Gasteiger partial charge in [0.1, 0.15) is 0 Å². The first-order valence-electron chi connectivity index (χ1n) is 7.59. The van der Waals surface area contributed by atoms with Gasteiger partial charge < -0.3 is 10.5 Å². The van der Waals surface area contributed by atoms with Crippen LogP contribution < -0.4 is 21.6 Å². The molecule has 0 atom stereocenters. The molecule has 0 aliphatic carbocycles. The number of methoxy groups -OCH3 is 1. The van der Waals surface area contributed by atoms with E-state index in [0.717, 1.165) is 15.9 Å². The molecule has 0 heterocycles. The van der Waals surface area contributed by atoms with Crippen LogP contribution in [0.1, 0.15) is 10.4 Å². The van der Waals surface area contributed by atoms with E-state index in [2.05, 4.69) is 24.3 Å². The zero-order chi connectivity index (χ0) is 16.9. The van der Waals surface area contributed by atoms with Crippen molar-refractivity contribution in [2.45, 2.75) is 0 Å². The van der Waals surface area contributed by atoms with Crippen molar-refractivity contribution in [1.29, 1.82) is 0 Å². The highest BCUT2D eigenvalue weighted by atomic mass is 31.1. The molecule has 3 rings (SSSR count). The van der Waals surface area contributed by atoms with E-state index in [4.69, 9.17) is 10.5 Å². The fourth-order valence-corrected chi connectivity index (χ4v) is 5.08. The fraction of sp³-hybridized carbons (Fsp3) is 0.0500. The molecule has 0 saturated heterocycles. The van der Waals surface area contributed by atoms with Crippen molar-refractivity contribution in [3.05, 3.63) is 84.4 Å². The van der Waals surface area contributed by atoms with Crippen LogP contribution in [0.25, 0.3) is 0 Å². The first kappa shape index (κ1) is 16.2. The van der Waals surface area contributed by atoms with Crippen LogP contribution in [0.2, 0.25) is 0 Å². The Morgan fingerprint density at radius 3 is 1.92 bits per heavy atom. The van der Waals surface area contributed by atoms with Gasteiger partial charge in [0.15, 0.2) is 0 Å². The summed E-state index contributed by atoms with van der Waals surface area (Å²) in [4.78, 5) is 12.3. The third-order valence-electron chi connectivity index (χ3n) is 3.70. The smallest absolute Gasteiger partial charge is 0.338 e. The minimum absolute atomic E-state index is 0.343. The van der Waals surface area contributed by atoms with Crippen LogP contribution in [0.3, 0.4) is 0 Å². The van der Waals surface area contributed by atoms with Crippen LogP contribution in [0.15, 0.2) is 78.9 Å². The number of ether oxygens (including phenoxy) is 1. The number of nitrogens with two attached hydrogens (primary N) is 1. The Morgan fingerprint density at radius 1 is 0.875 bits per heavy atom. The van der Waals surface area contributed by atoms with Crippen molar-refractivity contribution in [2.24, 2.45) is 0 Å². The highest BCUT2D eigenvalue weighted by Gasteiger charge is 2.23. The Kier molecular flexibility index (Phi) is 4.93. The molecule has 0 aliphatic heterocycles. The Balaban J connectivity index is 2.24. The fourth-order valence-electron chi connectivity index (χ4n) is 2.60. The van der Waals surface area contributed by atoms with Crippen LogP contribution in [-0.2, 0) is 4.74 Å². The number of anilines is 1. The molecular formula is C20H18NO2P. The first-order chi connectivity index (χ1) is 11.7. The van der Waals surface area contributed by atoms with Gasteiger partial charge in [0.05, 0.1) is 12.7 Å². The average Bonchev–Trinajstić information content (AvgIpc) is 2.63. The number of carbonyl (C=O) groups is 1. The second-order valence-corrected chi connectivity index (χ2v) is 7.46. The third-order valence-corrected chi connectivity index (χ3v) is 6.18. The molecule has 0 saturated carbocycles. The van der Waals surface area contributed by atoms with E-state index in [0.29, 0.717) is 11.3 Å². The number of carbonyl (C=O) groups excluding carboxylic acids is 1. The lowest BCUT2D eigenvalue weighted by atomic mass is 10.2. The quantitative estimate of drug-likeness (QED) is 0.453. The van der Waals surface area contributed by atoms with E-state index < -0.39 is 7.92 Å². The van der Waals surface area contributed by atoms with Gasteiger partial charge in [-0.1, -0.05) is 60.7 Å². The SMILES string of the molecule is COC(=O)c1ccc(N)cc1P(c1ccccc1)c1ccccc1. The Morgan fingerprint density at radius 2 is 1.42 bits per heavy atom. The average molecular weight is 335 g/mol. The molecule has 3 aromatic carbocycles. The van der Waals surface area contributed by atoms with Gasteiger partial charge in [0, 0.05) is 11.0 Å². The number of nitrogen functional groups attached to an aromatic ring is 1. The summed E-state index contributed by atoms with van der Waals surface area (Å²) in [6, 6.07) is 25.7. The van der Waals surface area contributed by atoms with Crippen LogP contribution in [0.5, 0.6) is 0 Å². The minimum Gasteiger partial charge on any atom is -0.465 e. The molecule has 24 heavy (non-hydrogen) atoms. The summed E-state index contributed by atoms with van der Waals surface area (Å²) in [7, 11) is 0.497. The minimum atomic E-state index is -0.902. The molecule has 0 aliphatic rings. The second-order valence-electron chi connectivity index (χ2n) is 5.27. The molecule has 0 amide bonds. The van der Waals surface area contributed by atoms with E-state index in [9.17, 15) is 4.79 Å². The molecule has 0 spiro atoms. The highest BCUT2D eigenvalue weighted by molar-refractivity contribution is 7.80. The molecule has 0 fully saturated rings. The van der Waals surface area contributed by atoms with E-state index in [1.165, 1.54) is 7.11 Å². The van der Waals surface area contributed by atoms with Crippen molar-refractivity contribution in [1.82, 2.24) is 0 Å². The van der Waals surface area contributed by atoms with Gasteiger partial charge in [-0.2, -0.15) is 0 Å². The van der Waals surface area contributed by atoms with E-state index in [1.54, 1.807) is 12.1 Å². The van der Waals surface area contributed by atoms with Crippen LogP contribution in [-0.4, -0.2) is 13.1 Å². The molecule has 120 valence electrons. The molecule has 0 unspecified atom stereocenters. The summed E-state index contributed by atoms with van der Waals surface area (Å²) in [6.07, 6.45) is 0. The monoisotopic (exact) mass is 335 g/mol. The lowest BCUT2D eigenvalue weighted by molar-refractivity contribution is 0.0602. The molecule has 3 aromatic rings. The lowest BCUT2D eigenvalue weighted by Crippen LogP contribution is -2.26. The summed E-state index contributed by atoms with van der Waals surface area (Å²) in [5, 5.41) is 3.23. The highest BCUT2D eigenvalue weighted by Crippen LogP contribution is 2.34. The molecule has 3 nitrogen and oxygen atoms in total.